The molecule has 0 radical (unpaired) electrons. The van der Waals surface area contributed by atoms with Gasteiger partial charge in [-0.15, -0.1) is 0 Å². The summed E-state index contributed by atoms with van der Waals surface area (Å²) in [5.41, 5.74) is 1.74. The molecule has 1 unspecified atom stereocenters. The highest BCUT2D eigenvalue weighted by Gasteiger charge is 2.64. The lowest BCUT2D eigenvalue weighted by molar-refractivity contribution is -0.207. The number of halogens is 2. The van der Waals surface area contributed by atoms with Crippen LogP contribution in [0.2, 0.25) is 0 Å². The Morgan fingerprint density at radius 1 is 1.27 bits per heavy atom. The van der Waals surface area contributed by atoms with Gasteiger partial charge in [0.05, 0.1) is 29.9 Å². The molecule has 10 heteroatoms. The first-order chi connectivity index (χ1) is 9.87. The Morgan fingerprint density at radius 2 is 1.86 bits per heavy atom. The Hall–Kier alpha value is -1.45. The molecule has 1 saturated heterocycles. The van der Waals surface area contributed by atoms with Crippen molar-refractivity contribution in [3.63, 3.8) is 0 Å². The molecule has 1 aliphatic heterocycles. The monoisotopic (exact) mass is 340 g/mol. The van der Waals surface area contributed by atoms with Gasteiger partial charge in [-0.25, -0.2) is 22.0 Å². The molecule has 0 aromatic carbocycles. The first-order valence-electron chi connectivity index (χ1n) is 6.77. The smallest absolute Gasteiger partial charge is 0.405 e. The van der Waals surface area contributed by atoms with E-state index < -0.39 is 51.7 Å². The molecule has 2 fully saturated rings. The predicted molar refractivity (Wildman–Crippen MR) is 72.0 cm³/mol. The topological polar surface area (TPSA) is 116 Å². The van der Waals surface area contributed by atoms with Crippen LogP contribution in [0.4, 0.5) is 13.6 Å². The number of rotatable bonds is 3. The minimum absolute atomic E-state index is 0.0272. The third kappa shape index (κ3) is 3.47. The molecule has 0 aromatic heterocycles. The zero-order valence-corrected chi connectivity index (χ0v) is 12.8. The Labute approximate surface area is 126 Å². The fourth-order valence-corrected chi connectivity index (χ4v) is 4.97. The van der Waals surface area contributed by atoms with Gasteiger partial charge in [0, 0.05) is 0 Å². The zero-order chi connectivity index (χ0) is 16.8. The normalized spacial score (nSPS) is 31.6. The summed E-state index contributed by atoms with van der Waals surface area (Å²) in [7, 11) is -3.31. The van der Waals surface area contributed by atoms with Gasteiger partial charge in [0.15, 0.2) is 9.84 Å². The van der Waals surface area contributed by atoms with E-state index in [4.69, 9.17) is 5.73 Å². The van der Waals surface area contributed by atoms with Crippen LogP contribution in [0.5, 0.6) is 0 Å². The molecule has 1 atom stereocenters. The van der Waals surface area contributed by atoms with Crippen molar-refractivity contribution in [3.8, 4) is 0 Å². The summed E-state index contributed by atoms with van der Waals surface area (Å²) in [5, 5.41) is 2.45. The van der Waals surface area contributed by atoms with Crippen LogP contribution < -0.4 is 11.1 Å². The standard InChI is InChI=1S/C12H18F2N2O5S/c1-10(3-2-4-22(19,20)7-10)16-8(17)11(21-9(15)18)5-12(13,14)6-11/h2-7H2,1H3,(H2,15,18)(H,16,17). The molecule has 0 bridgehead atoms. The van der Waals surface area contributed by atoms with Gasteiger partial charge in [-0.2, -0.15) is 0 Å². The third-order valence-corrected chi connectivity index (χ3v) is 5.92. The summed E-state index contributed by atoms with van der Waals surface area (Å²) in [6.07, 6.45) is -2.50. The van der Waals surface area contributed by atoms with Crippen LogP contribution >= 0.6 is 0 Å². The summed E-state index contributed by atoms with van der Waals surface area (Å²) in [5.74, 6) is -4.31. The number of sulfone groups is 1. The van der Waals surface area contributed by atoms with E-state index in [1.54, 1.807) is 0 Å². The molecular weight excluding hydrogens is 322 g/mol. The van der Waals surface area contributed by atoms with Gasteiger partial charge in [0.2, 0.25) is 5.60 Å². The highest BCUT2D eigenvalue weighted by Crippen LogP contribution is 2.48. The molecule has 1 saturated carbocycles. The molecule has 2 amide bonds. The average Bonchev–Trinajstić information content (AvgIpc) is 2.22. The van der Waals surface area contributed by atoms with Crippen LogP contribution in [0.3, 0.4) is 0 Å². The van der Waals surface area contributed by atoms with Crippen molar-refractivity contribution in [3.05, 3.63) is 0 Å². The van der Waals surface area contributed by atoms with E-state index in [-0.39, 0.29) is 11.5 Å². The maximum atomic E-state index is 13.1. The van der Waals surface area contributed by atoms with E-state index in [0.29, 0.717) is 12.8 Å². The molecule has 2 rings (SSSR count). The van der Waals surface area contributed by atoms with Crippen molar-refractivity contribution < 1.29 is 31.5 Å². The van der Waals surface area contributed by atoms with Crippen LogP contribution in [0.1, 0.15) is 32.6 Å². The number of amides is 2. The van der Waals surface area contributed by atoms with Crippen molar-refractivity contribution >= 4 is 21.8 Å². The quantitative estimate of drug-likeness (QED) is 0.768. The second kappa shape index (κ2) is 5.04. The van der Waals surface area contributed by atoms with Gasteiger partial charge in [0.25, 0.3) is 11.8 Å². The van der Waals surface area contributed by atoms with Gasteiger partial charge in [0.1, 0.15) is 0 Å². The lowest BCUT2D eigenvalue weighted by Crippen LogP contribution is -2.67. The highest BCUT2D eigenvalue weighted by molar-refractivity contribution is 7.91. The van der Waals surface area contributed by atoms with Crippen LogP contribution in [0, 0.1) is 0 Å². The number of ether oxygens (including phenoxy) is 1. The number of primary amides is 1. The van der Waals surface area contributed by atoms with Crippen LogP contribution in [0.25, 0.3) is 0 Å². The lowest BCUT2D eigenvalue weighted by Gasteiger charge is -2.46. The van der Waals surface area contributed by atoms with Gasteiger partial charge in [-0.05, 0) is 19.8 Å². The lowest BCUT2D eigenvalue weighted by atomic mass is 9.75. The van der Waals surface area contributed by atoms with Gasteiger partial charge < -0.3 is 15.8 Å². The predicted octanol–water partition coefficient (Wildman–Crippen LogP) is 0.333. The van der Waals surface area contributed by atoms with E-state index in [9.17, 15) is 26.8 Å². The maximum Gasteiger partial charge on any atom is 0.405 e. The molecule has 7 nitrogen and oxygen atoms in total. The Kier molecular flexibility index (Phi) is 3.87. The van der Waals surface area contributed by atoms with Gasteiger partial charge in [-0.3, -0.25) is 4.79 Å². The minimum Gasteiger partial charge on any atom is -0.432 e. The van der Waals surface area contributed by atoms with Crippen molar-refractivity contribution in [1.29, 1.82) is 0 Å². The van der Waals surface area contributed by atoms with E-state index in [2.05, 4.69) is 10.1 Å². The summed E-state index contributed by atoms with van der Waals surface area (Å²) in [6, 6.07) is 0. The summed E-state index contributed by atoms with van der Waals surface area (Å²) in [6.45, 7) is 1.52. The summed E-state index contributed by atoms with van der Waals surface area (Å²) in [4.78, 5) is 23.2. The highest BCUT2D eigenvalue weighted by atomic mass is 32.2. The minimum atomic E-state index is -3.31. The molecule has 0 aromatic rings. The van der Waals surface area contributed by atoms with E-state index in [1.807, 2.05) is 0 Å². The maximum absolute atomic E-state index is 13.1. The molecular formula is C12H18F2N2O5S. The SMILES string of the molecule is CC1(NC(=O)C2(OC(N)=O)CC(F)(F)C2)CCCS(=O)(=O)C1. The number of carbonyl (C=O) groups excluding carboxylic acids is 2. The second-order valence-electron chi connectivity index (χ2n) is 6.34. The number of nitrogens with one attached hydrogen (secondary N) is 1. The molecule has 22 heavy (non-hydrogen) atoms. The second-order valence-corrected chi connectivity index (χ2v) is 8.52. The van der Waals surface area contributed by atoms with Crippen LogP contribution in [0.15, 0.2) is 0 Å². The van der Waals surface area contributed by atoms with Crippen LogP contribution in [-0.4, -0.2) is 49.0 Å². The molecule has 0 spiro atoms. The van der Waals surface area contributed by atoms with Crippen molar-refractivity contribution in [1.82, 2.24) is 5.32 Å². The summed E-state index contributed by atoms with van der Waals surface area (Å²) >= 11 is 0. The average molecular weight is 340 g/mol. The van der Waals surface area contributed by atoms with Crippen molar-refractivity contribution in [2.75, 3.05) is 11.5 Å². The number of nitrogens with two attached hydrogens (primary N) is 1. The molecule has 3 N–H and O–H groups in total. The molecule has 126 valence electrons. The van der Waals surface area contributed by atoms with Crippen molar-refractivity contribution in [2.24, 2.45) is 5.73 Å². The van der Waals surface area contributed by atoms with E-state index in [1.165, 1.54) is 6.92 Å². The van der Waals surface area contributed by atoms with Crippen LogP contribution in [-0.2, 0) is 19.4 Å². The van der Waals surface area contributed by atoms with E-state index in [0.717, 1.165) is 0 Å². The first kappa shape index (κ1) is 16.9. The Morgan fingerprint density at radius 3 is 2.32 bits per heavy atom. The van der Waals surface area contributed by atoms with E-state index >= 15 is 0 Å². The summed E-state index contributed by atoms with van der Waals surface area (Å²) < 4.78 is 54.2. The molecule has 2 aliphatic rings. The number of alkyl halides is 2. The molecule has 1 aliphatic carbocycles. The van der Waals surface area contributed by atoms with Gasteiger partial charge >= 0.3 is 6.09 Å². The number of carbonyl (C=O) groups is 2. The number of hydrogen-bond donors (Lipinski definition) is 2. The largest absolute Gasteiger partial charge is 0.432 e. The first-order valence-corrected chi connectivity index (χ1v) is 8.59. The molecule has 1 heterocycles. The Bertz CT molecular complexity index is 599. The fraction of sp³-hybridized carbons (Fsp3) is 0.833. The van der Waals surface area contributed by atoms with Crippen molar-refractivity contribution in [2.45, 2.75) is 49.7 Å². The fourth-order valence-electron chi connectivity index (χ4n) is 3.05. The zero-order valence-electron chi connectivity index (χ0n) is 12.0. The third-order valence-electron chi connectivity index (χ3n) is 3.94. The number of hydrogen-bond acceptors (Lipinski definition) is 5. The van der Waals surface area contributed by atoms with Gasteiger partial charge in [-0.1, -0.05) is 0 Å². The Balaban J connectivity index is 2.14.